The average Bonchev–Trinajstić information content (AvgIpc) is 2.17. The molecule has 0 aromatic heterocycles. The van der Waals surface area contributed by atoms with Crippen LogP contribution in [0.25, 0.3) is 0 Å². The molecule has 1 atom stereocenters. The Morgan fingerprint density at radius 1 is 1.50 bits per heavy atom. The number of benzene rings is 1. The molecule has 0 heterocycles. The van der Waals surface area contributed by atoms with Gasteiger partial charge in [0.25, 0.3) is 0 Å². The van der Waals surface area contributed by atoms with Gasteiger partial charge in [0.05, 0.1) is 11.3 Å². The first-order valence-corrected chi connectivity index (χ1v) is 7.22. The van der Waals surface area contributed by atoms with Gasteiger partial charge in [0, 0.05) is 18.0 Å². The highest BCUT2D eigenvalue weighted by molar-refractivity contribution is 7.90. The van der Waals surface area contributed by atoms with Crippen LogP contribution in [0.4, 0.5) is 10.1 Å². The number of anilines is 1. The van der Waals surface area contributed by atoms with E-state index < -0.39 is 27.7 Å². The van der Waals surface area contributed by atoms with Gasteiger partial charge in [0.15, 0.2) is 0 Å². The first-order valence-electron chi connectivity index (χ1n) is 5.16. The first kappa shape index (κ1) is 14.4. The van der Waals surface area contributed by atoms with E-state index in [4.69, 9.17) is 5.11 Å². The maximum absolute atomic E-state index is 12.9. The zero-order valence-corrected chi connectivity index (χ0v) is 10.8. The molecular weight excluding hydrogens is 261 g/mol. The lowest BCUT2D eigenvalue weighted by Gasteiger charge is -2.16. The molecule has 0 bridgehead atoms. The van der Waals surface area contributed by atoms with Gasteiger partial charge in [0.1, 0.15) is 15.7 Å². The second-order valence-corrected chi connectivity index (χ2v) is 6.32. The van der Waals surface area contributed by atoms with Crippen LogP contribution in [0.5, 0.6) is 0 Å². The van der Waals surface area contributed by atoms with E-state index in [9.17, 15) is 17.6 Å². The van der Waals surface area contributed by atoms with Crippen molar-refractivity contribution >= 4 is 21.5 Å². The Bertz CT molecular complexity index is 556. The van der Waals surface area contributed by atoms with Gasteiger partial charge in [-0.2, -0.15) is 0 Å². The predicted octanol–water partition coefficient (Wildman–Crippen LogP) is 1.37. The third-order valence-corrected chi connectivity index (χ3v) is 3.27. The molecule has 18 heavy (non-hydrogen) atoms. The lowest BCUT2D eigenvalue weighted by Crippen LogP contribution is -2.26. The van der Waals surface area contributed by atoms with Gasteiger partial charge in [-0.15, -0.1) is 0 Å². The third-order valence-electron chi connectivity index (χ3n) is 2.17. The van der Waals surface area contributed by atoms with Crippen LogP contribution in [0.3, 0.4) is 0 Å². The summed E-state index contributed by atoms with van der Waals surface area (Å²) in [7, 11) is -3.17. The van der Waals surface area contributed by atoms with Gasteiger partial charge < -0.3 is 10.4 Å². The standard InChI is InChI=1S/C11H14FNO4S/c1-7(6-18(2,16)17)13-10-4-3-8(12)5-9(10)11(14)15/h3-5,7,13H,6H2,1-2H3,(H,14,15). The lowest BCUT2D eigenvalue weighted by atomic mass is 10.1. The van der Waals surface area contributed by atoms with Crippen LogP contribution in [0.15, 0.2) is 18.2 Å². The number of hydrogen-bond acceptors (Lipinski definition) is 4. The normalized spacial score (nSPS) is 13.1. The van der Waals surface area contributed by atoms with Gasteiger partial charge >= 0.3 is 5.97 Å². The Labute approximate surface area is 105 Å². The molecular formula is C11H14FNO4S. The summed E-state index contributed by atoms with van der Waals surface area (Å²) in [5, 5.41) is 11.7. The van der Waals surface area contributed by atoms with Crippen LogP contribution in [0.1, 0.15) is 17.3 Å². The Kier molecular flexibility index (Phi) is 4.28. The fourth-order valence-corrected chi connectivity index (χ4v) is 2.57. The van der Waals surface area contributed by atoms with Crippen LogP contribution in [0.2, 0.25) is 0 Å². The second-order valence-electron chi connectivity index (χ2n) is 4.13. The number of halogens is 1. The van der Waals surface area contributed by atoms with Crippen LogP contribution in [-0.4, -0.2) is 37.5 Å². The molecule has 0 saturated heterocycles. The summed E-state index contributed by atoms with van der Waals surface area (Å²) in [6, 6.07) is 2.81. The molecule has 1 aromatic carbocycles. The van der Waals surface area contributed by atoms with E-state index >= 15 is 0 Å². The zero-order valence-electron chi connectivity index (χ0n) is 9.97. The highest BCUT2D eigenvalue weighted by Crippen LogP contribution is 2.18. The number of carboxylic acid groups (broad SMARTS) is 1. The third kappa shape index (κ3) is 4.33. The first-order chi connectivity index (χ1) is 8.19. The quantitative estimate of drug-likeness (QED) is 0.848. The van der Waals surface area contributed by atoms with Crippen LogP contribution in [-0.2, 0) is 9.84 Å². The topological polar surface area (TPSA) is 83.5 Å². The maximum atomic E-state index is 12.9. The molecule has 0 fully saturated rings. The van der Waals surface area contributed by atoms with Crippen molar-refractivity contribution in [2.24, 2.45) is 0 Å². The Hall–Kier alpha value is -1.63. The van der Waals surface area contributed by atoms with Crippen LogP contribution >= 0.6 is 0 Å². The summed E-state index contributed by atoms with van der Waals surface area (Å²) in [6.45, 7) is 1.61. The number of carboxylic acids is 1. The number of carbonyl (C=O) groups is 1. The van der Waals surface area contributed by atoms with E-state index in [0.717, 1.165) is 18.4 Å². The molecule has 7 heteroatoms. The number of nitrogens with one attached hydrogen (secondary N) is 1. The van der Waals surface area contributed by atoms with Crippen molar-refractivity contribution < 1.29 is 22.7 Å². The lowest BCUT2D eigenvalue weighted by molar-refractivity contribution is 0.0697. The maximum Gasteiger partial charge on any atom is 0.337 e. The summed E-state index contributed by atoms with van der Waals surface area (Å²) in [5.41, 5.74) is -0.0320. The average molecular weight is 275 g/mol. The van der Waals surface area contributed by atoms with E-state index in [1.165, 1.54) is 6.07 Å². The van der Waals surface area contributed by atoms with E-state index in [0.29, 0.717) is 0 Å². The van der Waals surface area contributed by atoms with Crippen LogP contribution < -0.4 is 5.32 Å². The Morgan fingerprint density at radius 3 is 2.61 bits per heavy atom. The molecule has 0 aliphatic rings. The van der Waals surface area contributed by atoms with E-state index in [2.05, 4.69) is 5.32 Å². The van der Waals surface area contributed by atoms with E-state index in [1.807, 2.05) is 0 Å². The molecule has 0 amide bonds. The monoisotopic (exact) mass is 275 g/mol. The van der Waals surface area contributed by atoms with Gasteiger partial charge in [-0.25, -0.2) is 17.6 Å². The molecule has 0 aliphatic carbocycles. The van der Waals surface area contributed by atoms with E-state index in [1.54, 1.807) is 6.92 Å². The zero-order chi connectivity index (χ0) is 13.9. The van der Waals surface area contributed by atoms with Crippen molar-refractivity contribution in [3.8, 4) is 0 Å². The number of hydrogen-bond donors (Lipinski definition) is 2. The molecule has 0 aliphatic heterocycles. The van der Waals surface area contributed by atoms with Gasteiger partial charge in [-0.1, -0.05) is 0 Å². The number of rotatable bonds is 5. The van der Waals surface area contributed by atoms with Crippen molar-refractivity contribution in [2.45, 2.75) is 13.0 Å². The summed E-state index contributed by atoms with van der Waals surface area (Å²) >= 11 is 0. The largest absolute Gasteiger partial charge is 0.478 e. The molecule has 100 valence electrons. The molecule has 1 unspecified atom stereocenters. The molecule has 5 nitrogen and oxygen atoms in total. The Morgan fingerprint density at radius 2 is 2.11 bits per heavy atom. The molecule has 1 aromatic rings. The highest BCUT2D eigenvalue weighted by atomic mass is 32.2. The fourth-order valence-electron chi connectivity index (χ4n) is 1.58. The summed E-state index contributed by atoms with van der Waals surface area (Å²) in [4.78, 5) is 10.9. The number of sulfone groups is 1. The van der Waals surface area contributed by atoms with Crippen molar-refractivity contribution in [3.05, 3.63) is 29.6 Å². The van der Waals surface area contributed by atoms with E-state index in [-0.39, 0.29) is 17.0 Å². The van der Waals surface area contributed by atoms with Crippen molar-refractivity contribution in [1.29, 1.82) is 0 Å². The minimum atomic E-state index is -3.17. The van der Waals surface area contributed by atoms with Crippen LogP contribution in [0, 0.1) is 5.82 Å². The van der Waals surface area contributed by atoms with Crippen molar-refractivity contribution in [3.63, 3.8) is 0 Å². The Balaban J connectivity index is 2.94. The van der Waals surface area contributed by atoms with Crippen molar-refractivity contribution in [2.75, 3.05) is 17.3 Å². The minimum absolute atomic E-state index is 0.135. The summed E-state index contributed by atoms with van der Waals surface area (Å²) in [5.74, 6) is -2.07. The predicted molar refractivity (Wildman–Crippen MR) is 66.2 cm³/mol. The van der Waals surface area contributed by atoms with Crippen molar-refractivity contribution in [1.82, 2.24) is 0 Å². The molecule has 1 rings (SSSR count). The molecule has 0 spiro atoms. The molecule has 2 N–H and O–H groups in total. The van der Waals surface area contributed by atoms with Gasteiger partial charge in [-0.3, -0.25) is 0 Å². The minimum Gasteiger partial charge on any atom is -0.478 e. The highest BCUT2D eigenvalue weighted by Gasteiger charge is 2.15. The number of aromatic carboxylic acids is 1. The SMILES string of the molecule is CC(CS(C)(=O)=O)Nc1ccc(F)cc1C(=O)O. The summed E-state index contributed by atoms with van der Waals surface area (Å²) < 4.78 is 35.1. The molecule has 0 saturated carbocycles. The summed E-state index contributed by atoms with van der Waals surface area (Å²) in [6.07, 6.45) is 1.09. The fraction of sp³-hybridized carbons (Fsp3) is 0.364. The second kappa shape index (κ2) is 5.34. The molecule has 0 radical (unpaired) electrons. The van der Waals surface area contributed by atoms with Gasteiger partial charge in [0.2, 0.25) is 0 Å². The van der Waals surface area contributed by atoms with Gasteiger partial charge in [-0.05, 0) is 25.1 Å². The smallest absolute Gasteiger partial charge is 0.337 e.